The molecule has 1 aromatic rings. The van der Waals surface area contributed by atoms with Gasteiger partial charge in [0.25, 0.3) is 0 Å². The summed E-state index contributed by atoms with van der Waals surface area (Å²) in [5.41, 5.74) is 2.57. The van der Waals surface area contributed by atoms with E-state index in [2.05, 4.69) is 11.8 Å². The first-order chi connectivity index (χ1) is 12.5. The van der Waals surface area contributed by atoms with Gasteiger partial charge < -0.3 is 4.90 Å². The van der Waals surface area contributed by atoms with Crippen LogP contribution in [0.3, 0.4) is 0 Å². The smallest absolute Gasteiger partial charge is 0.243 e. The van der Waals surface area contributed by atoms with Gasteiger partial charge in [-0.3, -0.25) is 0 Å². The second-order valence-corrected chi connectivity index (χ2v) is 10.6. The van der Waals surface area contributed by atoms with E-state index in [-0.39, 0.29) is 0 Å². The first-order valence-electron chi connectivity index (χ1n) is 10.4. The predicted octanol–water partition coefficient (Wildman–Crippen LogP) is 3.31. The van der Waals surface area contributed by atoms with Gasteiger partial charge in [0.15, 0.2) is 0 Å². The predicted molar refractivity (Wildman–Crippen MR) is 105 cm³/mol. The van der Waals surface area contributed by atoms with Crippen molar-refractivity contribution in [2.45, 2.75) is 56.8 Å². The van der Waals surface area contributed by atoms with Crippen molar-refractivity contribution < 1.29 is 8.42 Å². The molecule has 0 amide bonds. The van der Waals surface area contributed by atoms with E-state index in [1.165, 1.54) is 37.1 Å². The van der Waals surface area contributed by atoms with Gasteiger partial charge in [-0.15, -0.1) is 0 Å². The Morgan fingerprint density at radius 2 is 1.77 bits per heavy atom. The molecule has 3 aliphatic rings. The molecule has 0 bridgehead atoms. The van der Waals surface area contributed by atoms with E-state index in [0.717, 1.165) is 44.6 Å². The third-order valence-electron chi connectivity index (χ3n) is 6.54. The number of rotatable bonds is 4. The number of hydrogen-bond acceptors (Lipinski definition) is 3. The van der Waals surface area contributed by atoms with Crippen LogP contribution in [0.1, 0.15) is 50.2 Å². The summed E-state index contributed by atoms with van der Waals surface area (Å²) in [5, 5.41) is 0. The fraction of sp³-hybridized carbons (Fsp3) is 0.714. The number of sulfonamides is 1. The summed E-state index contributed by atoms with van der Waals surface area (Å²) in [4.78, 5) is 3.10. The van der Waals surface area contributed by atoms with E-state index in [1.54, 1.807) is 4.31 Å². The van der Waals surface area contributed by atoms with Crippen molar-refractivity contribution >= 4 is 10.0 Å². The first kappa shape index (κ1) is 18.5. The van der Waals surface area contributed by atoms with E-state index >= 15 is 0 Å². The maximum atomic E-state index is 13.0. The van der Waals surface area contributed by atoms with Gasteiger partial charge in [0.2, 0.25) is 10.0 Å². The molecular weight excluding hydrogens is 344 g/mol. The second kappa shape index (κ2) is 7.61. The van der Waals surface area contributed by atoms with Crippen LogP contribution in [0.15, 0.2) is 23.1 Å². The summed E-state index contributed by atoms with van der Waals surface area (Å²) >= 11 is 0. The molecule has 2 heterocycles. The fourth-order valence-corrected chi connectivity index (χ4v) is 6.53. The molecular formula is C21H32N2O2S. The van der Waals surface area contributed by atoms with E-state index in [0.29, 0.717) is 23.9 Å². The SMILES string of the molecule is C[C@@H]1CCCN(CC2CCN(S(=O)(=O)c3ccc4c(c3)CCC4)CC2)C1. The van der Waals surface area contributed by atoms with Crippen LogP contribution < -0.4 is 0 Å². The van der Waals surface area contributed by atoms with Crippen LogP contribution >= 0.6 is 0 Å². The molecule has 0 unspecified atom stereocenters. The van der Waals surface area contributed by atoms with E-state index < -0.39 is 10.0 Å². The highest BCUT2D eigenvalue weighted by molar-refractivity contribution is 7.89. The minimum absolute atomic E-state index is 0.501. The number of hydrogen-bond donors (Lipinski definition) is 0. The Balaban J connectivity index is 1.36. The average molecular weight is 377 g/mol. The highest BCUT2D eigenvalue weighted by atomic mass is 32.2. The molecule has 2 fully saturated rings. The van der Waals surface area contributed by atoms with Crippen LogP contribution in [0.2, 0.25) is 0 Å². The highest BCUT2D eigenvalue weighted by Crippen LogP contribution is 2.29. The first-order valence-corrected chi connectivity index (χ1v) is 11.8. The minimum atomic E-state index is -3.33. The number of piperidine rings is 2. The number of fused-ring (bicyclic) bond motifs is 1. The lowest BCUT2D eigenvalue weighted by atomic mass is 9.94. The lowest BCUT2D eigenvalue weighted by Gasteiger charge is -2.37. The second-order valence-electron chi connectivity index (χ2n) is 8.64. The summed E-state index contributed by atoms with van der Waals surface area (Å²) in [7, 11) is -3.33. The summed E-state index contributed by atoms with van der Waals surface area (Å²) in [5.74, 6) is 1.45. The Labute approximate surface area is 158 Å². The van der Waals surface area contributed by atoms with Crippen molar-refractivity contribution in [1.82, 2.24) is 9.21 Å². The molecule has 144 valence electrons. The Hall–Kier alpha value is -0.910. The van der Waals surface area contributed by atoms with Crippen molar-refractivity contribution in [3.05, 3.63) is 29.3 Å². The van der Waals surface area contributed by atoms with Gasteiger partial charge >= 0.3 is 0 Å². The van der Waals surface area contributed by atoms with Crippen molar-refractivity contribution in [2.24, 2.45) is 11.8 Å². The Morgan fingerprint density at radius 1 is 1.00 bits per heavy atom. The van der Waals surface area contributed by atoms with Crippen LogP contribution in [0.5, 0.6) is 0 Å². The van der Waals surface area contributed by atoms with Gasteiger partial charge in [-0.05, 0) is 86.6 Å². The molecule has 26 heavy (non-hydrogen) atoms. The molecule has 1 aliphatic carbocycles. The maximum Gasteiger partial charge on any atom is 0.243 e. The summed E-state index contributed by atoms with van der Waals surface area (Å²) < 4.78 is 27.8. The van der Waals surface area contributed by atoms with E-state index in [4.69, 9.17) is 0 Å². The molecule has 0 radical (unpaired) electrons. The molecule has 1 atom stereocenters. The number of nitrogens with zero attached hydrogens (tertiary/aromatic N) is 2. The number of likely N-dealkylation sites (tertiary alicyclic amines) is 1. The molecule has 0 saturated carbocycles. The average Bonchev–Trinajstić information content (AvgIpc) is 3.10. The molecule has 5 heteroatoms. The van der Waals surface area contributed by atoms with Gasteiger partial charge in [-0.2, -0.15) is 4.31 Å². The van der Waals surface area contributed by atoms with Crippen LogP contribution in [-0.4, -0.2) is 50.3 Å². The van der Waals surface area contributed by atoms with Crippen molar-refractivity contribution in [1.29, 1.82) is 0 Å². The standard InChI is InChI=1S/C21H32N2O2S/c1-17-4-3-11-22(15-17)16-18-9-12-23(13-10-18)26(24,25)21-8-7-19-5-2-6-20(19)14-21/h7-8,14,17-18H,2-6,9-13,15-16H2,1H3/t17-/m1/s1. The minimum Gasteiger partial charge on any atom is -0.303 e. The lowest BCUT2D eigenvalue weighted by molar-refractivity contribution is 0.136. The van der Waals surface area contributed by atoms with E-state index in [9.17, 15) is 8.42 Å². The summed E-state index contributed by atoms with van der Waals surface area (Å²) in [6.45, 7) is 7.28. The number of benzene rings is 1. The Morgan fingerprint density at radius 3 is 2.54 bits per heavy atom. The van der Waals surface area contributed by atoms with Crippen LogP contribution in [0.4, 0.5) is 0 Å². The molecule has 4 nitrogen and oxygen atoms in total. The molecule has 2 aliphatic heterocycles. The monoisotopic (exact) mass is 376 g/mol. The van der Waals surface area contributed by atoms with Gasteiger partial charge in [0, 0.05) is 26.2 Å². The molecule has 0 spiro atoms. The number of aryl methyl sites for hydroxylation is 2. The van der Waals surface area contributed by atoms with Gasteiger partial charge in [0.05, 0.1) is 4.90 Å². The largest absolute Gasteiger partial charge is 0.303 e. The van der Waals surface area contributed by atoms with Gasteiger partial charge in [-0.25, -0.2) is 8.42 Å². The van der Waals surface area contributed by atoms with Crippen molar-refractivity contribution in [3.8, 4) is 0 Å². The molecule has 1 aromatic carbocycles. The molecule has 2 saturated heterocycles. The third kappa shape index (κ3) is 3.85. The summed E-state index contributed by atoms with van der Waals surface area (Å²) in [6.07, 6.45) is 7.93. The molecule has 0 aromatic heterocycles. The summed E-state index contributed by atoms with van der Waals surface area (Å²) in [6, 6.07) is 5.78. The zero-order valence-corrected chi connectivity index (χ0v) is 16.8. The Kier molecular flexibility index (Phi) is 5.40. The topological polar surface area (TPSA) is 40.6 Å². The van der Waals surface area contributed by atoms with Gasteiger partial charge in [0.1, 0.15) is 0 Å². The maximum absolute atomic E-state index is 13.0. The van der Waals surface area contributed by atoms with Crippen LogP contribution in [-0.2, 0) is 22.9 Å². The quantitative estimate of drug-likeness (QED) is 0.809. The van der Waals surface area contributed by atoms with Crippen molar-refractivity contribution in [3.63, 3.8) is 0 Å². The molecule has 4 rings (SSSR count). The van der Waals surface area contributed by atoms with Crippen LogP contribution in [0, 0.1) is 11.8 Å². The zero-order valence-electron chi connectivity index (χ0n) is 16.0. The normalized spacial score (nSPS) is 26.1. The van der Waals surface area contributed by atoms with Gasteiger partial charge in [-0.1, -0.05) is 13.0 Å². The Bertz CT molecular complexity index is 738. The molecule has 0 N–H and O–H groups in total. The van der Waals surface area contributed by atoms with E-state index in [1.807, 2.05) is 18.2 Å². The lowest BCUT2D eigenvalue weighted by Crippen LogP contribution is -2.43. The highest BCUT2D eigenvalue weighted by Gasteiger charge is 2.31. The van der Waals surface area contributed by atoms with Crippen molar-refractivity contribution in [2.75, 3.05) is 32.7 Å². The fourth-order valence-electron chi connectivity index (χ4n) is 5.01. The van der Waals surface area contributed by atoms with Crippen LogP contribution in [0.25, 0.3) is 0 Å². The zero-order chi connectivity index (χ0) is 18.1. The third-order valence-corrected chi connectivity index (χ3v) is 8.43.